The van der Waals surface area contributed by atoms with Crippen LogP contribution < -0.4 is 0 Å². The van der Waals surface area contributed by atoms with Crippen molar-refractivity contribution in [2.75, 3.05) is 0 Å². The zero-order valence-electron chi connectivity index (χ0n) is 7.22. The van der Waals surface area contributed by atoms with E-state index < -0.39 is 0 Å². The van der Waals surface area contributed by atoms with E-state index in [0.29, 0.717) is 0 Å². The number of hydrogen-bond acceptors (Lipinski definition) is 1. The Hall–Kier alpha value is -0.510. The van der Waals surface area contributed by atoms with E-state index in [-0.39, 0.29) is 5.92 Å². The molecule has 0 aliphatic carbocycles. The maximum absolute atomic E-state index is 8.47. The molecule has 0 rings (SSSR count). The summed E-state index contributed by atoms with van der Waals surface area (Å²) in [5.74, 6) is 1.03. The molecule has 0 amide bonds. The van der Waals surface area contributed by atoms with Crippen molar-refractivity contribution in [3.63, 3.8) is 0 Å². The first-order valence-electron chi connectivity index (χ1n) is 4.10. The van der Waals surface area contributed by atoms with Gasteiger partial charge in [-0.3, -0.25) is 0 Å². The third kappa shape index (κ3) is 4.38. The van der Waals surface area contributed by atoms with Crippen LogP contribution in [0.15, 0.2) is 0 Å². The molecule has 0 aliphatic heterocycles. The first-order valence-corrected chi connectivity index (χ1v) is 4.10. The summed E-state index contributed by atoms with van der Waals surface area (Å²) < 4.78 is 0. The fraction of sp³-hybridized carbons (Fsp3) is 0.889. The predicted octanol–water partition coefficient (Wildman–Crippen LogP) is 2.97. The van der Waals surface area contributed by atoms with Crippen molar-refractivity contribution in [3.8, 4) is 6.07 Å². The van der Waals surface area contributed by atoms with Crippen LogP contribution >= 0.6 is 0 Å². The second-order valence-corrected chi connectivity index (χ2v) is 3.12. The molecule has 1 heteroatoms. The predicted molar refractivity (Wildman–Crippen MR) is 43.5 cm³/mol. The van der Waals surface area contributed by atoms with Crippen molar-refractivity contribution in [2.45, 2.75) is 40.0 Å². The fourth-order valence-corrected chi connectivity index (χ4v) is 0.803. The van der Waals surface area contributed by atoms with E-state index in [0.717, 1.165) is 12.3 Å². The lowest BCUT2D eigenvalue weighted by Gasteiger charge is -2.07. The molecule has 0 bridgehead atoms. The Morgan fingerprint density at radius 2 is 1.90 bits per heavy atom. The van der Waals surface area contributed by atoms with Gasteiger partial charge < -0.3 is 0 Å². The highest BCUT2D eigenvalue weighted by atomic mass is 14.3. The first-order chi connectivity index (χ1) is 4.70. The Labute approximate surface area is 64.1 Å². The van der Waals surface area contributed by atoms with E-state index in [1.165, 1.54) is 12.8 Å². The molecule has 0 aliphatic rings. The van der Waals surface area contributed by atoms with Crippen molar-refractivity contribution in [1.82, 2.24) is 0 Å². The molecule has 0 aromatic rings. The van der Waals surface area contributed by atoms with Gasteiger partial charge in [0.05, 0.1) is 6.07 Å². The number of nitrogens with zero attached hydrogens (tertiary/aromatic N) is 1. The van der Waals surface area contributed by atoms with Crippen LogP contribution in [0.4, 0.5) is 0 Å². The first kappa shape index (κ1) is 9.49. The van der Waals surface area contributed by atoms with Gasteiger partial charge in [0.15, 0.2) is 0 Å². The van der Waals surface area contributed by atoms with Gasteiger partial charge in [0.1, 0.15) is 0 Å². The lowest BCUT2D eigenvalue weighted by Crippen LogP contribution is -1.96. The van der Waals surface area contributed by atoms with Crippen molar-refractivity contribution in [2.24, 2.45) is 11.8 Å². The minimum Gasteiger partial charge on any atom is -0.198 e. The van der Waals surface area contributed by atoms with Gasteiger partial charge in [-0.25, -0.2) is 0 Å². The summed E-state index contributed by atoms with van der Waals surface area (Å²) in [5, 5.41) is 8.47. The van der Waals surface area contributed by atoms with E-state index in [1.807, 2.05) is 6.92 Å². The summed E-state index contributed by atoms with van der Waals surface area (Å²) in [5.41, 5.74) is 0. The normalized spacial score (nSPS) is 15.8. The van der Waals surface area contributed by atoms with Crippen molar-refractivity contribution in [1.29, 1.82) is 5.26 Å². The van der Waals surface area contributed by atoms with Crippen LogP contribution in [0, 0.1) is 23.2 Å². The molecule has 0 aromatic carbocycles. The second-order valence-electron chi connectivity index (χ2n) is 3.12. The minimum atomic E-state index is 0.244. The Morgan fingerprint density at radius 1 is 1.30 bits per heavy atom. The van der Waals surface area contributed by atoms with Crippen LogP contribution in [0.1, 0.15) is 40.0 Å². The molecule has 0 aromatic heterocycles. The summed E-state index contributed by atoms with van der Waals surface area (Å²) in [6, 6.07) is 2.24. The van der Waals surface area contributed by atoms with Gasteiger partial charge >= 0.3 is 0 Å². The van der Waals surface area contributed by atoms with Crippen LogP contribution in [-0.2, 0) is 0 Å². The monoisotopic (exact) mass is 139 g/mol. The van der Waals surface area contributed by atoms with E-state index >= 15 is 0 Å². The Bertz CT molecular complexity index is 112. The van der Waals surface area contributed by atoms with Crippen LogP contribution in [0.25, 0.3) is 0 Å². The molecule has 2 atom stereocenters. The Kier molecular flexibility index (Phi) is 5.02. The van der Waals surface area contributed by atoms with Crippen LogP contribution in [0.3, 0.4) is 0 Å². The number of nitriles is 1. The molecule has 0 saturated carbocycles. The topological polar surface area (TPSA) is 23.8 Å². The van der Waals surface area contributed by atoms with Crippen LogP contribution in [-0.4, -0.2) is 0 Å². The average molecular weight is 139 g/mol. The molecule has 2 unspecified atom stereocenters. The van der Waals surface area contributed by atoms with Crippen molar-refractivity contribution >= 4 is 0 Å². The van der Waals surface area contributed by atoms with E-state index in [2.05, 4.69) is 19.9 Å². The summed E-state index contributed by atoms with van der Waals surface area (Å²) >= 11 is 0. The molecule has 10 heavy (non-hydrogen) atoms. The number of rotatable bonds is 4. The van der Waals surface area contributed by atoms with E-state index in [9.17, 15) is 0 Å². The molecule has 58 valence electrons. The maximum atomic E-state index is 8.47. The highest BCUT2D eigenvalue weighted by molar-refractivity contribution is 4.78. The zero-order valence-corrected chi connectivity index (χ0v) is 7.22. The van der Waals surface area contributed by atoms with Crippen LogP contribution in [0.2, 0.25) is 0 Å². The highest BCUT2D eigenvalue weighted by Gasteiger charge is 2.02. The maximum Gasteiger partial charge on any atom is 0.0652 e. The third-order valence-corrected chi connectivity index (χ3v) is 2.01. The highest BCUT2D eigenvalue weighted by Crippen LogP contribution is 2.13. The van der Waals surface area contributed by atoms with Crippen LogP contribution in [0.5, 0.6) is 0 Å². The summed E-state index contributed by atoms with van der Waals surface area (Å²) in [6.45, 7) is 6.42. The summed E-state index contributed by atoms with van der Waals surface area (Å²) in [7, 11) is 0. The zero-order chi connectivity index (χ0) is 7.98. The average Bonchev–Trinajstić information content (AvgIpc) is 1.99. The molecular weight excluding hydrogens is 122 g/mol. The van der Waals surface area contributed by atoms with E-state index in [4.69, 9.17) is 5.26 Å². The van der Waals surface area contributed by atoms with Gasteiger partial charge in [0, 0.05) is 5.92 Å². The number of hydrogen-bond donors (Lipinski definition) is 0. The lowest BCUT2D eigenvalue weighted by atomic mass is 9.97. The summed E-state index contributed by atoms with van der Waals surface area (Å²) in [6.07, 6.45) is 3.49. The van der Waals surface area contributed by atoms with Gasteiger partial charge in [-0.05, 0) is 25.7 Å². The molecule has 0 saturated heterocycles. The fourth-order valence-electron chi connectivity index (χ4n) is 0.803. The largest absolute Gasteiger partial charge is 0.198 e. The van der Waals surface area contributed by atoms with Gasteiger partial charge in [-0.15, -0.1) is 0 Å². The SMILES string of the molecule is CCC(C)CCC(C)C#N. The molecule has 0 heterocycles. The second kappa shape index (κ2) is 5.29. The van der Waals surface area contributed by atoms with Crippen molar-refractivity contribution < 1.29 is 0 Å². The smallest absolute Gasteiger partial charge is 0.0652 e. The molecular formula is C9H17N. The third-order valence-electron chi connectivity index (χ3n) is 2.01. The molecule has 0 spiro atoms. The van der Waals surface area contributed by atoms with Gasteiger partial charge in [-0.1, -0.05) is 20.3 Å². The standard InChI is InChI=1S/C9H17N/c1-4-8(2)5-6-9(3)7-10/h8-9H,4-6H2,1-3H3. The lowest BCUT2D eigenvalue weighted by molar-refractivity contribution is 0.463. The Balaban J connectivity index is 3.28. The van der Waals surface area contributed by atoms with Crippen molar-refractivity contribution in [3.05, 3.63) is 0 Å². The molecule has 0 fully saturated rings. The Morgan fingerprint density at radius 3 is 2.30 bits per heavy atom. The molecule has 1 nitrogen and oxygen atoms in total. The molecule has 0 N–H and O–H groups in total. The van der Waals surface area contributed by atoms with Gasteiger partial charge in [-0.2, -0.15) is 5.26 Å². The quantitative estimate of drug-likeness (QED) is 0.587. The van der Waals surface area contributed by atoms with Gasteiger partial charge in [0.2, 0.25) is 0 Å². The molecule has 0 radical (unpaired) electrons. The van der Waals surface area contributed by atoms with E-state index in [1.54, 1.807) is 0 Å². The van der Waals surface area contributed by atoms with Gasteiger partial charge in [0.25, 0.3) is 0 Å². The minimum absolute atomic E-state index is 0.244. The summed E-state index contributed by atoms with van der Waals surface area (Å²) in [4.78, 5) is 0.